The number of rotatable bonds is 6. The molecule has 0 spiro atoms. The van der Waals surface area contributed by atoms with E-state index in [0.29, 0.717) is 22.5 Å². The highest BCUT2D eigenvalue weighted by atomic mass is 19.1. The molecule has 0 unspecified atom stereocenters. The van der Waals surface area contributed by atoms with E-state index in [1.54, 1.807) is 62.6 Å². The summed E-state index contributed by atoms with van der Waals surface area (Å²) in [6, 6.07) is 20.2. The first-order valence-electron chi connectivity index (χ1n) is 9.96. The molecule has 0 aromatic heterocycles. The molecule has 0 heterocycles. The molecule has 0 saturated heterocycles. The number of nitrogen functional groups attached to an aromatic ring is 1. The molecule has 0 aliphatic carbocycles. The van der Waals surface area contributed by atoms with Crippen LogP contribution in [0.25, 0.3) is 17.7 Å². The van der Waals surface area contributed by atoms with Crippen LogP contribution in [0.3, 0.4) is 0 Å². The van der Waals surface area contributed by atoms with E-state index in [2.05, 4.69) is 5.32 Å². The third kappa shape index (κ3) is 5.92. The molecule has 2 amide bonds. The molecular weight excluding hydrogens is 405 g/mol. The van der Waals surface area contributed by atoms with Crippen LogP contribution in [0.4, 0.5) is 15.8 Å². The minimum absolute atomic E-state index is 0.183. The summed E-state index contributed by atoms with van der Waals surface area (Å²) < 4.78 is 13.3. The normalized spacial score (nSPS) is 11.4. The lowest BCUT2D eigenvalue weighted by Crippen LogP contribution is -2.22. The van der Waals surface area contributed by atoms with E-state index in [0.717, 1.165) is 11.1 Å². The monoisotopic (exact) mass is 429 g/mol. The van der Waals surface area contributed by atoms with E-state index in [4.69, 9.17) is 5.73 Å². The highest BCUT2D eigenvalue weighted by molar-refractivity contribution is 6.24. The van der Waals surface area contributed by atoms with Gasteiger partial charge in [-0.15, -0.1) is 0 Å². The van der Waals surface area contributed by atoms with Crippen LogP contribution in [0.2, 0.25) is 0 Å². The third-order valence-electron chi connectivity index (χ3n) is 4.69. The molecule has 162 valence electrons. The van der Waals surface area contributed by atoms with Crippen LogP contribution in [0.1, 0.15) is 16.7 Å². The largest absolute Gasteiger partial charge is 0.397 e. The first-order chi connectivity index (χ1) is 15.3. The van der Waals surface area contributed by atoms with Gasteiger partial charge in [0.05, 0.1) is 11.4 Å². The fourth-order valence-electron chi connectivity index (χ4n) is 2.97. The molecule has 0 radical (unpaired) electrons. The van der Waals surface area contributed by atoms with Gasteiger partial charge >= 0.3 is 0 Å². The Hall–Kier alpha value is -4.19. The van der Waals surface area contributed by atoms with Crippen molar-refractivity contribution in [1.82, 2.24) is 4.90 Å². The molecule has 0 aliphatic rings. The summed E-state index contributed by atoms with van der Waals surface area (Å²) in [4.78, 5) is 26.3. The second-order valence-electron chi connectivity index (χ2n) is 7.34. The zero-order valence-electron chi connectivity index (χ0n) is 17.9. The molecule has 3 aromatic rings. The first kappa shape index (κ1) is 22.5. The van der Waals surface area contributed by atoms with Gasteiger partial charge in [0, 0.05) is 25.7 Å². The smallest absolute Gasteiger partial charge is 0.253 e. The molecule has 0 fully saturated rings. The minimum Gasteiger partial charge on any atom is -0.397 e. The van der Waals surface area contributed by atoms with Crippen LogP contribution in [0.15, 0.2) is 78.9 Å². The van der Waals surface area contributed by atoms with Crippen LogP contribution >= 0.6 is 0 Å². The molecule has 0 saturated carbocycles. The van der Waals surface area contributed by atoms with Gasteiger partial charge in [0.25, 0.3) is 5.91 Å². The summed E-state index contributed by atoms with van der Waals surface area (Å²) in [5.41, 5.74) is 9.59. The number of nitrogens with zero attached hydrogens (tertiary/aromatic N) is 1. The van der Waals surface area contributed by atoms with Gasteiger partial charge < -0.3 is 16.0 Å². The number of nitrogens with two attached hydrogens (primary N) is 1. The Morgan fingerprint density at radius 3 is 2.16 bits per heavy atom. The second kappa shape index (κ2) is 10.2. The lowest BCUT2D eigenvalue weighted by molar-refractivity contribution is -0.122. The van der Waals surface area contributed by atoms with Crippen LogP contribution < -0.4 is 11.1 Å². The Labute approximate surface area is 186 Å². The number of amides is 2. The van der Waals surface area contributed by atoms with Crippen LogP contribution in [-0.2, 0) is 9.59 Å². The second-order valence-corrected chi connectivity index (χ2v) is 7.34. The maximum Gasteiger partial charge on any atom is 0.253 e. The van der Waals surface area contributed by atoms with Crippen molar-refractivity contribution < 1.29 is 14.0 Å². The topological polar surface area (TPSA) is 75.4 Å². The quantitative estimate of drug-likeness (QED) is 0.339. The molecular formula is C26H24FN3O2. The van der Waals surface area contributed by atoms with E-state index >= 15 is 0 Å². The zero-order valence-corrected chi connectivity index (χ0v) is 17.9. The summed E-state index contributed by atoms with van der Waals surface area (Å²) in [6.45, 7) is 0. The SMILES string of the molecule is CN(C)C(=O)C(=Cc1ccc(C=CC(=O)Nc2ccccc2N)cc1)c1ccc(F)cc1. The number of halogens is 1. The van der Waals surface area contributed by atoms with Gasteiger partial charge in [-0.3, -0.25) is 9.59 Å². The van der Waals surface area contributed by atoms with E-state index in [9.17, 15) is 14.0 Å². The standard InChI is InChI=1S/C26H24FN3O2/c1-30(2)26(32)22(20-12-14-21(27)15-13-20)17-19-9-7-18(8-10-19)11-16-25(31)29-24-6-4-3-5-23(24)28/h3-17H,28H2,1-2H3,(H,29,31). The number of hydrogen-bond donors (Lipinski definition) is 2. The number of anilines is 2. The number of carbonyl (C=O) groups excluding carboxylic acids is 2. The number of nitrogens with one attached hydrogen (secondary N) is 1. The molecule has 0 aliphatic heterocycles. The fraction of sp³-hybridized carbons (Fsp3) is 0.0769. The number of carbonyl (C=O) groups is 2. The average Bonchev–Trinajstić information content (AvgIpc) is 2.78. The molecule has 0 atom stereocenters. The van der Waals surface area contributed by atoms with E-state index in [1.165, 1.54) is 23.1 Å². The van der Waals surface area contributed by atoms with Crippen molar-refractivity contribution in [2.24, 2.45) is 0 Å². The highest BCUT2D eigenvalue weighted by Gasteiger charge is 2.14. The number of hydrogen-bond acceptors (Lipinski definition) is 3. The maximum absolute atomic E-state index is 13.3. The molecule has 3 aromatic carbocycles. The summed E-state index contributed by atoms with van der Waals surface area (Å²) in [7, 11) is 3.34. The number of para-hydroxylation sites is 2. The van der Waals surface area contributed by atoms with Crippen molar-refractivity contribution in [3.05, 3.63) is 101 Å². The minimum atomic E-state index is -0.361. The van der Waals surface area contributed by atoms with Crippen molar-refractivity contribution in [2.45, 2.75) is 0 Å². The fourth-order valence-corrected chi connectivity index (χ4v) is 2.97. The lowest BCUT2D eigenvalue weighted by atomic mass is 10.0. The van der Waals surface area contributed by atoms with Crippen molar-refractivity contribution in [3.8, 4) is 0 Å². The molecule has 6 heteroatoms. The Bertz CT molecular complexity index is 1160. The van der Waals surface area contributed by atoms with Crippen molar-refractivity contribution in [2.75, 3.05) is 25.1 Å². The molecule has 3 N–H and O–H groups in total. The Morgan fingerprint density at radius 2 is 1.53 bits per heavy atom. The van der Waals surface area contributed by atoms with Crippen molar-refractivity contribution in [3.63, 3.8) is 0 Å². The van der Waals surface area contributed by atoms with Crippen LogP contribution in [0, 0.1) is 5.82 Å². The van der Waals surface area contributed by atoms with Crippen LogP contribution in [0.5, 0.6) is 0 Å². The van der Waals surface area contributed by atoms with E-state index in [-0.39, 0.29) is 17.6 Å². The molecule has 5 nitrogen and oxygen atoms in total. The van der Waals surface area contributed by atoms with Gasteiger partial charge in [-0.25, -0.2) is 4.39 Å². The highest BCUT2D eigenvalue weighted by Crippen LogP contribution is 2.21. The van der Waals surface area contributed by atoms with Crippen molar-refractivity contribution >= 4 is 40.9 Å². The summed E-state index contributed by atoms with van der Waals surface area (Å²) in [5, 5.41) is 2.73. The summed E-state index contributed by atoms with van der Waals surface area (Å²) >= 11 is 0. The lowest BCUT2D eigenvalue weighted by Gasteiger charge is -2.14. The predicted octanol–water partition coefficient (Wildman–Crippen LogP) is 4.69. The van der Waals surface area contributed by atoms with E-state index < -0.39 is 0 Å². The van der Waals surface area contributed by atoms with Gasteiger partial charge in [-0.1, -0.05) is 48.5 Å². The molecule has 32 heavy (non-hydrogen) atoms. The van der Waals surface area contributed by atoms with Gasteiger partial charge in [0.15, 0.2) is 0 Å². The maximum atomic E-state index is 13.3. The Kier molecular flexibility index (Phi) is 7.18. The zero-order chi connectivity index (χ0) is 23.1. The van der Waals surface area contributed by atoms with Gasteiger partial charge in [-0.2, -0.15) is 0 Å². The number of likely N-dealkylation sites (N-methyl/N-ethyl adjacent to an activating group) is 1. The average molecular weight is 429 g/mol. The van der Waals surface area contributed by atoms with E-state index in [1.807, 2.05) is 24.3 Å². The van der Waals surface area contributed by atoms with Gasteiger partial charge in [0.1, 0.15) is 5.82 Å². The van der Waals surface area contributed by atoms with Crippen molar-refractivity contribution in [1.29, 1.82) is 0 Å². The number of benzene rings is 3. The third-order valence-corrected chi connectivity index (χ3v) is 4.69. The van der Waals surface area contributed by atoms with Gasteiger partial charge in [0.2, 0.25) is 5.91 Å². The Morgan fingerprint density at radius 1 is 0.906 bits per heavy atom. The molecule has 3 rings (SSSR count). The Balaban J connectivity index is 1.76. The van der Waals surface area contributed by atoms with Gasteiger partial charge in [-0.05, 0) is 53.1 Å². The van der Waals surface area contributed by atoms with Crippen LogP contribution in [-0.4, -0.2) is 30.8 Å². The predicted molar refractivity (Wildman–Crippen MR) is 128 cm³/mol. The molecule has 0 bridgehead atoms. The summed E-state index contributed by atoms with van der Waals surface area (Å²) in [6.07, 6.45) is 4.87. The summed E-state index contributed by atoms with van der Waals surface area (Å²) in [5.74, 6) is -0.833. The first-order valence-corrected chi connectivity index (χ1v) is 9.96.